The average molecular weight is 226 g/mol. The van der Waals surface area contributed by atoms with Gasteiger partial charge in [-0.3, -0.25) is 4.79 Å². The number of nitrogens with one attached hydrogen (secondary N) is 1. The van der Waals surface area contributed by atoms with Crippen molar-refractivity contribution in [3.05, 3.63) is 11.6 Å². The van der Waals surface area contributed by atoms with E-state index in [1.807, 2.05) is 20.8 Å². The van der Waals surface area contributed by atoms with Gasteiger partial charge < -0.3 is 10.4 Å². The smallest absolute Gasteiger partial charge is 0.322 e. The van der Waals surface area contributed by atoms with Gasteiger partial charge in [0.2, 0.25) is 0 Å². The maximum absolute atomic E-state index is 11.1. The highest BCUT2D eigenvalue weighted by Crippen LogP contribution is 2.12. The molecule has 0 spiro atoms. The Hall–Kier alpha value is -1.43. The quantitative estimate of drug-likeness (QED) is 0.765. The van der Waals surface area contributed by atoms with E-state index < -0.39 is 12.0 Å². The first-order chi connectivity index (χ1) is 7.47. The van der Waals surface area contributed by atoms with Crippen LogP contribution in [0, 0.1) is 13.8 Å². The third kappa shape index (κ3) is 2.57. The summed E-state index contributed by atoms with van der Waals surface area (Å²) in [4.78, 5) is 15.3. The Balaban J connectivity index is 2.93. The lowest BCUT2D eigenvalue weighted by molar-refractivity contribution is -0.140. The SMILES string of the molecule is CCNC(C(=O)O)C(C)n1nc(C)nc1C. The summed E-state index contributed by atoms with van der Waals surface area (Å²) in [7, 11) is 0. The van der Waals surface area contributed by atoms with Gasteiger partial charge in [-0.1, -0.05) is 6.92 Å². The molecule has 0 saturated heterocycles. The van der Waals surface area contributed by atoms with E-state index in [0.717, 1.165) is 5.82 Å². The average Bonchev–Trinajstić information content (AvgIpc) is 2.53. The molecule has 1 aromatic rings. The number of hydrogen-bond donors (Lipinski definition) is 2. The number of carboxylic acids is 1. The zero-order chi connectivity index (χ0) is 12.3. The molecule has 1 rings (SSSR count). The number of carbonyl (C=O) groups is 1. The Morgan fingerprint density at radius 3 is 2.56 bits per heavy atom. The zero-order valence-electron chi connectivity index (χ0n) is 10.1. The van der Waals surface area contributed by atoms with Gasteiger partial charge in [0.1, 0.15) is 17.7 Å². The molecular weight excluding hydrogens is 208 g/mol. The standard InChI is InChI=1S/C10H18N4O2/c1-5-11-9(10(15)16)6(2)14-8(4)12-7(3)13-14/h6,9,11H,5H2,1-4H3,(H,15,16). The molecule has 2 unspecified atom stereocenters. The van der Waals surface area contributed by atoms with E-state index >= 15 is 0 Å². The van der Waals surface area contributed by atoms with E-state index in [9.17, 15) is 4.79 Å². The molecule has 0 aliphatic rings. The number of rotatable bonds is 5. The van der Waals surface area contributed by atoms with Crippen molar-refractivity contribution in [2.75, 3.05) is 6.54 Å². The van der Waals surface area contributed by atoms with Crippen LogP contribution in [-0.2, 0) is 4.79 Å². The Morgan fingerprint density at radius 2 is 2.19 bits per heavy atom. The molecule has 16 heavy (non-hydrogen) atoms. The van der Waals surface area contributed by atoms with Crippen LogP contribution in [0.5, 0.6) is 0 Å². The van der Waals surface area contributed by atoms with E-state index in [4.69, 9.17) is 5.11 Å². The molecule has 6 nitrogen and oxygen atoms in total. The number of nitrogens with zero attached hydrogens (tertiary/aromatic N) is 3. The van der Waals surface area contributed by atoms with Crippen LogP contribution < -0.4 is 5.32 Å². The maximum atomic E-state index is 11.1. The van der Waals surface area contributed by atoms with E-state index in [1.165, 1.54) is 0 Å². The molecule has 0 saturated carbocycles. The van der Waals surface area contributed by atoms with Crippen molar-refractivity contribution in [1.82, 2.24) is 20.1 Å². The molecule has 90 valence electrons. The van der Waals surface area contributed by atoms with Crippen LogP contribution in [0.4, 0.5) is 0 Å². The van der Waals surface area contributed by atoms with E-state index in [1.54, 1.807) is 11.6 Å². The van der Waals surface area contributed by atoms with Gasteiger partial charge in [-0.15, -0.1) is 0 Å². The summed E-state index contributed by atoms with van der Waals surface area (Å²) < 4.78 is 1.65. The van der Waals surface area contributed by atoms with Gasteiger partial charge in [0, 0.05) is 0 Å². The fraction of sp³-hybridized carbons (Fsp3) is 0.700. The molecule has 0 radical (unpaired) electrons. The normalized spacial score (nSPS) is 14.8. The lowest BCUT2D eigenvalue weighted by Crippen LogP contribution is -2.43. The highest BCUT2D eigenvalue weighted by Gasteiger charge is 2.26. The van der Waals surface area contributed by atoms with Crippen molar-refractivity contribution >= 4 is 5.97 Å². The van der Waals surface area contributed by atoms with Crippen LogP contribution >= 0.6 is 0 Å². The predicted octanol–water partition coefficient (Wildman–Crippen LogP) is 0.519. The fourth-order valence-corrected chi connectivity index (χ4v) is 1.75. The van der Waals surface area contributed by atoms with Gasteiger partial charge in [-0.2, -0.15) is 5.10 Å². The van der Waals surface area contributed by atoms with Crippen LogP contribution in [0.15, 0.2) is 0 Å². The zero-order valence-corrected chi connectivity index (χ0v) is 10.1. The molecule has 6 heteroatoms. The van der Waals surface area contributed by atoms with Gasteiger partial charge >= 0.3 is 5.97 Å². The monoisotopic (exact) mass is 226 g/mol. The van der Waals surface area contributed by atoms with Crippen molar-refractivity contribution in [1.29, 1.82) is 0 Å². The van der Waals surface area contributed by atoms with Gasteiger partial charge in [0.15, 0.2) is 0 Å². The molecule has 0 amide bonds. The second-order valence-corrected chi connectivity index (χ2v) is 3.76. The van der Waals surface area contributed by atoms with Crippen LogP contribution in [0.25, 0.3) is 0 Å². The number of carboxylic acid groups (broad SMARTS) is 1. The second-order valence-electron chi connectivity index (χ2n) is 3.76. The summed E-state index contributed by atoms with van der Waals surface area (Å²) in [5, 5.41) is 16.2. The Morgan fingerprint density at radius 1 is 1.56 bits per heavy atom. The predicted molar refractivity (Wildman–Crippen MR) is 59.3 cm³/mol. The summed E-state index contributed by atoms with van der Waals surface area (Å²) in [6.07, 6.45) is 0. The topological polar surface area (TPSA) is 80.0 Å². The second kappa shape index (κ2) is 5.07. The van der Waals surface area contributed by atoms with Gasteiger partial charge in [-0.25, -0.2) is 9.67 Å². The number of aromatic nitrogens is 3. The number of hydrogen-bond acceptors (Lipinski definition) is 4. The molecule has 2 atom stereocenters. The van der Waals surface area contributed by atoms with Crippen LogP contribution in [-0.4, -0.2) is 38.4 Å². The van der Waals surface area contributed by atoms with Gasteiger partial charge in [-0.05, 0) is 27.3 Å². The molecule has 2 N–H and O–H groups in total. The van der Waals surface area contributed by atoms with Crippen molar-refractivity contribution in [3.63, 3.8) is 0 Å². The summed E-state index contributed by atoms with van der Waals surface area (Å²) >= 11 is 0. The number of aryl methyl sites for hydroxylation is 2. The molecule has 1 heterocycles. The van der Waals surface area contributed by atoms with Crippen molar-refractivity contribution in [2.24, 2.45) is 0 Å². The molecule has 0 aliphatic carbocycles. The highest BCUT2D eigenvalue weighted by atomic mass is 16.4. The van der Waals surface area contributed by atoms with E-state index in [-0.39, 0.29) is 6.04 Å². The minimum atomic E-state index is -0.873. The lowest BCUT2D eigenvalue weighted by Gasteiger charge is -2.21. The summed E-state index contributed by atoms with van der Waals surface area (Å²) in [5.41, 5.74) is 0. The Kier molecular flexibility index (Phi) is 4.00. The minimum absolute atomic E-state index is 0.265. The van der Waals surface area contributed by atoms with Crippen LogP contribution in [0.3, 0.4) is 0 Å². The summed E-state index contributed by atoms with van der Waals surface area (Å²) in [6.45, 7) is 7.92. The first kappa shape index (κ1) is 12.6. The van der Waals surface area contributed by atoms with Gasteiger partial charge in [0.05, 0.1) is 6.04 Å². The first-order valence-corrected chi connectivity index (χ1v) is 5.33. The highest BCUT2D eigenvalue weighted by molar-refractivity contribution is 5.74. The van der Waals surface area contributed by atoms with Crippen LogP contribution in [0.2, 0.25) is 0 Å². The maximum Gasteiger partial charge on any atom is 0.322 e. The Labute approximate surface area is 94.7 Å². The molecular formula is C10H18N4O2. The van der Waals surface area contributed by atoms with E-state index in [2.05, 4.69) is 15.4 Å². The van der Waals surface area contributed by atoms with Crippen molar-refractivity contribution in [2.45, 2.75) is 39.8 Å². The number of aliphatic carboxylic acids is 1. The van der Waals surface area contributed by atoms with Gasteiger partial charge in [0.25, 0.3) is 0 Å². The molecule has 1 aromatic heterocycles. The van der Waals surface area contributed by atoms with Crippen molar-refractivity contribution < 1.29 is 9.90 Å². The summed E-state index contributed by atoms with van der Waals surface area (Å²) in [6, 6.07) is -0.913. The Bertz CT molecular complexity index is 375. The molecule has 0 fully saturated rings. The van der Waals surface area contributed by atoms with Crippen molar-refractivity contribution in [3.8, 4) is 0 Å². The van der Waals surface area contributed by atoms with E-state index in [0.29, 0.717) is 12.4 Å². The van der Waals surface area contributed by atoms with Crippen LogP contribution in [0.1, 0.15) is 31.5 Å². The third-order valence-electron chi connectivity index (χ3n) is 2.47. The molecule has 0 bridgehead atoms. The summed E-state index contributed by atoms with van der Waals surface area (Å²) in [5.74, 6) is 0.515. The fourth-order valence-electron chi connectivity index (χ4n) is 1.75. The molecule has 0 aromatic carbocycles. The first-order valence-electron chi connectivity index (χ1n) is 5.33. The third-order valence-corrected chi connectivity index (χ3v) is 2.47. The lowest BCUT2D eigenvalue weighted by atomic mass is 10.1. The number of likely N-dealkylation sites (N-methyl/N-ethyl adjacent to an activating group) is 1. The minimum Gasteiger partial charge on any atom is -0.480 e. The molecule has 0 aliphatic heterocycles. The largest absolute Gasteiger partial charge is 0.480 e.